The predicted molar refractivity (Wildman–Crippen MR) is 85.5 cm³/mol. The normalized spacial score (nSPS) is 10.3. The molecule has 1 amide bonds. The second-order valence-corrected chi connectivity index (χ2v) is 5.79. The molecule has 3 nitrogen and oxygen atoms in total. The van der Waals surface area contributed by atoms with Gasteiger partial charge in [-0.3, -0.25) is 4.79 Å². The van der Waals surface area contributed by atoms with Crippen LogP contribution in [0.15, 0.2) is 46.9 Å². The van der Waals surface area contributed by atoms with Gasteiger partial charge in [0.1, 0.15) is 0 Å². The number of amides is 1. The second-order valence-electron chi connectivity index (χ2n) is 4.88. The summed E-state index contributed by atoms with van der Waals surface area (Å²) in [7, 11) is 1.78. The number of carbonyl (C=O) groups is 1. The molecule has 2 aromatic rings. The molecule has 0 spiro atoms. The van der Waals surface area contributed by atoms with Gasteiger partial charge in [0.2, 0.25) is 0 Å². The molecule has 0 aliphatic rings. The van der Waals surface area contributed by atoms with Crippen LogP contribution in [-0.2, 0) is 6.54 Å². The van der Waals surface area contributed by atoms with Crippen LogP contribution in [0.1, 0.15) is 21.5 Å². The number of hydrogen-bond donors (Lipinski definition) is 1. The van der Waals surface area contributed by atoms with Crippen molar-refractivity contribution in [1.29, 1.82) is 0 Å². The molecule has 0 unspecified atom stereocenters. The molecule has 4 heteroatoms. The standard InChI is InChI=1S/C16H17BrN2O/c1-11-7-13(9-14(17)8-11)16(20)19(2)10-12-5-3-4-6-15(12)18/h3-9H,10,18H2,1-2H3. The van der Waals surface area contributed by atoms with Crippen LogP contribution in [0.5, 0.6) is 0 Å². The minimum Gasteiger partial charge on any atom is -0.398 e. The quantitative estimate of drug-likeness (QED) is 0.872. The van der Waals surface area contributed by atoms with E-state index in [9.17, 15) is 4.79 Å². The third kappa shape index (κ3) is 3.39. The van der Waals surface area contributed by atoms with Crippen LogP contribution < -0.4 is 5.73 Å². The van der Waals surface area contributed by atoms with Crippen molar-refractivity contribution in [3.05, 3.63) is 63.6 Å². The van der Waals surface area contributed by atoms with Gasteiger partial charge in [-0.2, -0.15) is 0 Å². The van der Waals surface area contributed by atoms with Gasteiger partial charge in [0.05, 0.1) is 0 Å². The first-order valence-electron chi connectivity index (χ1n) is 6.33. The first-order chi connectivity index (χ1) is 9.47. The molecular formula is C16H17BrN2O. The Morgan fingerprint density at radius 1 is 1.25 bits per heavy atom. The summed E-state index contributed by atoms with van der Waals surface area (Å²) >= 11 is 3.42. The Bertz CT molecular complexity index is 620. The third-order valence-corrected chi connectivity index (χ3v) is 3.56. The van der Waals surface area contributed by atoms with Crippen LogP contribution in [0.2, 0.25) is 0 Å². The Morgan fingerprint density at radius 2 is 1.95 bits per heavy atom. The van der Waals surface area contributed by atoms with Crippen LogP contribution in [-0.4, -0.2) is 17.9 Å². The van der Waals surface area contributed by atoms with Crippen molar-refractivity contribution in [1.82, 2.24) is 4.90 Å². The van der Waals surface area contributed by atoms with Crippen molar-refractivity contribution < 1.29 is 4.79 Å². The number of carbonyl (C=O) groups excluding carboxylic acids is 1. The topological polar surface area (TPSA) is 46.3 Å². The zero-order valence-electron chi connectivity index (χ0n) is 11.6. The fourth-order valence-electron chi connectivity index (χ4n) is 2.09. The minimum atomic E-state index is -0.0161. The van der Waals surface area contributed by atoms with E-state index < -0.39 is 0 Å². The zero-order valence-corrected chi connectivity index (χ0v) is 13.1. The molecule has 104 valence electrons. The van der Waals surface area contributed by atoms with E-state index in [0.29, 0.717) is 17.8 Å². The second kappa shape index (κ2) is 6.09. The molecule has 0 bridgehead atoms. The van der Waals surface area contributed by atoms with Crippen LogP contribution >= 0.6 is 15.9 Å². The number of nitrogens with zero attached hydrogens (tertiary/aromatic N) is 1. The molecule has 0 heterocycles. The summed E-state index contributed by atoms with van der Waals surface area (Å²) in [4.78, 5) is 14.1. The van der Waals surface area contributed by atoms with Gasteiger partial charge >= 0.3 is 0 Å². The predicted octanol–water partition coefficient (Wildman–Crippen LogP) is 3.61. The molecule has 20 heavy (non-hydrogen) atoms. The highest BCUT2D eigenvalue weighted by Gasteiger charge is 2.13. The molecule has 2 aromatic carbocycles. The summed E-state index contributed by atoms with van der Waals surface area (Å²) in [5.41, 5.74) is 9.30. The number of nitrogens with two attached hydrogens (primary N) is 1. The highest BCUT2D eigenvalue weighted by atomic mass is 79.9. The van der Waals surface area contributed by atoms with E-state index in [1.54, 1.807) is 11.9 Å². The lowest BCUT2D eigenvalue weighted by molar-refractivity contribution is 0.0785. The molecule has 2 rings (SSSR count). The number of rotatable bonds is 3. The number of aryl methyl sites for hydroxylation is 1. The van der Waals surface area contributed by atoms with Gasteiger partial charge in [0.25, 0.3) is 5.91 Å². The largest absolute Gasteiger partial charge is 0.398 e. The van der Waals surface area contributed by atoms with Gasteiger partial charge in [0, 0.05) is 29.3 Å². The van der Waals surface area contributed by atoms with Crippen LogP contribution in [0, 0.1) is 6.92 Å². The lowest BCUT2D eigenvalue weighted by atomic mass is 10.1. The number of nitrogen functional groups attached to an aromatic ring is 1. The van der Waals surface area contributed by atoms with E-state index in [0.717, 1.165) is 15.6 Å². The van der Waals surface area contributed by atoms with Gasteiger partial charge in [-0.05, 0) is 42.3 Å². The van der Waals surface area contributed by atoms with Crippen LogP contribution in [0.3, 0.4) is 0 Å². The summed E-state index contributed by atoms with van der Waals surface area (Å²) in [5, 5.41) is 0. The van der Waals surface area contributed by atoms with Crippen molar-refractivity contribution in [2.24, 2.45) is 0 Å². The van der Waals surface area contributed by atoms with Crippen molar-refractivity contribution in [3.8, 4) is 0 Å². The number of halogens is 1. The maximum Gasteiger partial charge on any atom is 0.253 e. The smallest absolute Gasteiger partial charge is 0.253 e. The zero-order chi connectivity index (χ0) is 14.7. The van der Waals surface area contributed by atoms with E-state index in [1.807, 2.05) is 49.4 Å². The summed E-state index contributed by atoms with van der Waals surface area (Å²) in [5.74, 6) is -0.0161. The summed E-state index contributed by atoms with van der Waals surface area (Å²) < 4.78 is 0.911. The van der Waals surface area contributed by atoms with E-state index >= 15 is 0 Å². The maximum absolute atomic E-state index is 12.4. The molecule has 0 atom stereocenters. The van der Waals surface area contributed by atoms with Crippen molar-refractivity contribution in [2.45, 2.75) is 13.5 Å². The van der Waals surface area contributed by atoms with Gasteiger partial charge in [-0.25, -0.2) is 0 Å². The average molecular weight is 333 g/mol. The Morgan fingerprint density at radius 3 is 2.60 bits per heavy atom. The minimum absolute atomic E-state index is 0.0161. The molecule has 0 aliphatic heterocycles. The number of para-hydroxylation sites is 1. The first-order valence-corrected chi connectivity index (χ1v) is 7.12. The summed E-state index contributed by atoms with van der Waals surface area (Å²) in [6, 6.07) is 13.3. The average Bonchev–Trinajstić information content (AvgIpc) is 2.39. The van der Waals surface area contributed by atoms with Crippen LogP contribution in [0.4, 0.5) is 5.69 Å². The van der Waals surface area contributed by atoms with E-state index in [4.69, 9.17) is 5.73 Å². The SMILES string of the molecule is Cc1cc(Br)cc(C(=O)N(C)Cc2ccccc2N)c1. The molecule has 0 aromatic heterocycles. The molecule has 0 radical (unpaired) electrons. The molecule has 0 saturated carbocycles. The van der Waals surface area contributed by atoms with Crippen LogP contribution in [0.25, 0.3) is 0 Å². The van der Waals surface area contributed by atoms with Gasteiger partial charge in [0.15, 0.2) is 0 Å². The number of hydrogen-bond acceptors (Lipinski definition) is 2. The fraction of sp³-hybridized carbons (Fsp3) is 0.188. The Balaban J connectivity index is 2.18. The maximum atomic E-state index is 12.4. The summed E-state index contributed by atoms with van der Waals surface area (Å²) in [6.07, 6.45) is 0. The Hall–Kier alpha value is -1.81. The Labute approximate surface area is 127 Å². The highest BCUT2D eigenvalue weighted by molar-refractivity contribution is 9.10. The van der Waals surface area contributed by atoms with Gasteiger partial charge in [-0.1, -0.05) is 34.1 Å². The lowest BCUT2D eigenvalue weighted by Gasteiger charge is -2.19. The fourth-order valence-corrected chi connectivity index (χ4v) is 2.69. The van der Waals surface area contributed by atoms with Crippen molar-refractivity contribution in [3.63, 3.8) is 0 Å². The third-order valence-electron chi connectivity index (χ3n) is 3.10. The lowest BCUT2D eigenvalue weighted by Crippen LogP contribution is -2.26. The molecule has 2 N–H and O–H groups in total. The van der Waals surface area contributed by atoms with Crippen molar-refractivity contribution in [2.75, 3.05) is 12.8 Å². The Kier molecular flexibility index (Phi) is 4.45. The monoisotopic (exact) mass is 332 g/mol. The highest BCUT2D eigenvalue weighted by Crippen LogP contribution is 2.18. The molecule has 0 saturated heterocycles. The molecule has 0 aliphatic carbocycles. The van der Waals surface area contributed by atoms with E-state index in [2.05, 4.69) is 15.9 Å². The van der Waals surface area contributed by atoms with Crippen molar-refractivity contribution >= 4 is 27.5 Å². The number of anilines is 1. The van der Waals surface area contributed by atoms with Gasteiger partial charge in [-0.15, -0.1) is 0 Å². The van der Waals surface area contributed by atoms with E-state index in [1.165, 1.54) is 0 Å². The van der Waals surface area contributed by atoms with Gasteiger partial charge < -0.3 is 10.6 Å². The molecule has 0 fully saturated rings. The first kappa shape index (κ1) is 14.6. The molecular weight excluding hydrogens is 316 g/mol. The van der Waals surface area contributed by atoms with E-state index in [-0.39, 0.29) is 5.91 Å². The number of benzene rings is 2. The summed E-state index contributed by atoms with van der Waals surface area (Å²) in [6.45, 7) is 2.47.